The molecule has 19 heavy (non-hydrogen) atoms. The van der Waals surface area contributed by atoms with E-state index in [0.717, 1.165) is 18.6 Å². The van der Waals surface area contributed by atoms with E-state index in [-0.39, 0.29) is 0 Å². The van der Waals surface area contributed by atoms with Gasteiger partial charge in [-0.05, 0) is 18.6 Å². The molecule has 1 aliphatic rings. The summed E-state index contributed by atoms with van der Waals surface area (Å²) < 4.78 is 0. The molecule has 0 bridgehead atoms. The van der Waals surface area contributed by atoms with Crippen molar-refractivity contribution >= 4 is 28.4 Å². The Kier molecular flexibility index (Phi) is 3.40. The van der Waals surface area contributed by atoms with Gasteiger partial charge in [-0.2, -0.15) is 11.8 Å². The van der Waals surface area contributed by atoms with E-state index in [1.165, 1.54) is 16.6 Å². The van der Waals surface area contributed by atoms with Gasteiger partial charge in [0.05, 0.1) is 5.52 Å². The number of fused-ring (bicyclic) bond motifs is 1. The van der Waals surface area contributed by atoms with Crippen molar-refractivity contribution in [3.63, 3.8) is 0 Å². The summed E-state index contributed by atoms with van der Waals surface area (Å²) in [7, 11) is 0. The predicted octanol–water partition coefficient (Wildman–Crippen LogP) is 3.87. The van der Waals surface area contributed by atoms with Crippen LogP contribution in [-0.4, -0.2) is 28.6 Å². The molecule has 0 aliphatic carbocycles. The molecule has 0 spiro atoms. The summed E-state index contributed by atoms with van der Waals surface area (Å²) in [6.45, 7) is 9.03. The fourth-order valence-electron chi connectivity index (χ4n) is 2.96. The van der Waals surface area contributed by atoms with Crippen LogP contribution in [0.5, 0.6) is 0 Å². The normalized spacial score (nSPS) is 23.8. The smallest absolute Gasteiger partial charge is 0.0751 e. The van der Waals surface area contributed by atoms with E-state index >= 15 is 0 Å². The van der Waals surface area contributed by atoms with Crippen LogP contribution in [-0.2, 0) is 0 Å². The fourth-order valence-corrected chi connectivity index (χ4v) is 4.28. The van der Waals surface area contributed by atoms with Crippen molar-refractivity contribution in [2.24, 2.45) is 0 Å². The first-order valence-corrected chi connectivity index (χ1v) is 7.84. The molecule has 2 nitrogen and oxygen atoms in total. The van der Waals surface area contributed by atoms with E-state index in [4.69, 9.17) is 0 Å². The van der Waals surface area contributed by atoms with Crippen molar-refractivity contribution < 1.29 is 0 Å². The number of benzene rings is 1. The van der Waals surface area contributed by atoms with Crippen molar-refractivity contribution in [1.29, 1.82) is 0 Å². The molecular formula is C16H20N2S. The molecule has 2 unspecified atom stereocenters. The Labute approximate surface area is 119 Å². The number of nitrogens with zero attached hydrogens (tertiary/aromatic N) is 2. The molecule has 1 fully saturated rings. The predicted molar refractivity (Wildman–Crippen MR) is 85.2 cm³/mol. The number of anilines is 1. The number of hydrogen-bond donors (Lipinski definition) is 0. The summed E-state index contributed by atoms with van der Waals surface area (Å²) in [5.74, 6) is 0. The van der Waals surface area contributed by atoms with Gasteiger partial charge in [0.25, 0.3) is 0 Å². The molecule has 2 atom stereocenters. The second-order valence-corrected chi connectivity index (χ2v) is 7.35. The molecule has 1 aromatic heterocycles. The van der Waals surface area contributed by atoms with Gasteiger partial charge in [0.2, 0.25) is 0 Å². The number of hydrogen-bond acceptors (Lipinski definition) is 3. The van der Waals surface area contributed by atoms with E-state index in [1.807, 2.05) is 6.20 Å². The Morgan fingerprint density at radius 2 is 1.89 bits per heavy atom. The summed E-state index contributed by atoms with van der Waals surface area (Å²) in [6.07, 6.45) is 1.95. The van der Waals surface area contributed by atoms with Gasteiger partial charge in [0.15, 0.2) is 0 Å². The SMILES string of the molecule is Cc1cccc2c(N3CC(C)SC(C)C3)ccnc12. The van der Waals surface area contributed by atoms with Gasteiger partial charge in [0, 0.05) is 40.9 Å². The summed E-state index contributed by atoms with van der Waals surface area (Å²) in [6, 6.07) is 8.63. The molecule has 1 aromatic carbocycles. The van der Waals surface area contributed by atoms with E-state index in [1.54, 1.807) is 0 Å². The average Bonchev–Trinajstić information content (AvgIpc) is 2.37. The second kappa shape index (κ2) is 5.04. The minimum absolute atomic E-state index is 0.691. The average molecular weight is 272 g/mol. The first-order valence-electron chi connectivity index (χ1n) is 6.90. The highest BCUT2D eigenvalue weighted by Gasteiger charge is 2.23. The minimum atomic E-state index is 0.691. The standard InChI is InChI=1S/C16H20N2S/c1-11-5-4-6-14-15(7-8-17-16(11)14)18-9-12(2)19-13(3)10-18/h4-8,12-13H,9-10H2,1-3H3. The Morgan fingerprint density at radius 1 is 1.16 bits per heavy atom. The maximum absolute atomic E-state index is 4.54. The molecule has 0 N–H and O–H groups in total. The van der Waals surface area contributed by atoms with Gasteiger partial charge >= 0.3 is 0 Å². The Hall–Kier alpha value is -1.22. The zero-order chi connectivity index (χ0) is 13.4. The van der Waals surface area contributed by atoms with Crippen molar-refractivity contribution in [3.8, 4) is 0 Å². The third kappa shape index (κ3) is 2.44. The lowest BCUT2D eigenvalue weighted by molar-refractivity contribution is 0.730. The van der Waals surface area contributed by atoms with E-state index in [2.05, 4.69) is 66.7 Å². The Balaban J connectivity index is 2.07. The molecule has 0 radical (unpaired) electrons. The van der Waals surface area contributed by atoms with Crippen LogP contribution in [0.4, 0.5) is 5.69 Å². The van der Waals surface area contributed by atoms with Crippen molar-refractivity contribution in [3.05, 3.63) is 36.0 Å². The number of aryl methyl sites for hydroxylation is 1. The van der Waals surface area contributed by atoms with E-state index in [9.17, 15) is 0 Å². The van der Waals surface area contributed by atoms with Crippen LogP contribution in [0.1, 0.15) is 19.4 Å². The van der Waals surface area contributed by atoms with Crippen LogP contribution in [0.3, 0.4) is 0 Å². The molecular weight excluding hydrogens is 252 g/mol. The molecule has 2 aromatic rings. The first kappa shape index (κ1) is 12.8. The van der Waals surface area contributed by atoms with Gasteiger partial charge in [-0.1, -0.05) is 32.0 Å². The molecule has 100 valence electrons. The van der Waals surface area contributed by atoms with Gasteiger partial charge in [-0.3, -0.25) is 4.98 Å². The monoisotopic (exact) mass is 272 g/mol. The van der Waals surface area contributed by atoms with Gasteiger partial charge < -0.3 is 4.90 Å². The van der Waals surface area contributed by atoms with Crippen LogP contribution in [0.25, 0.3) is 10.9 Å². The Bertz CT molecular complexity index is 586. The van der Waals surface area contributed by atoms with E-state index in [0.29, 0.717) is 10.5 Å². The molecule has 3 heteroatoms. The first-order chi connectivity index (χ1) is 9.15. The number of para-hydroxylation sites is 1. The zero-order valence-electron chi connectivity index (χ0n) is 11.8. The highest BCUT2D eigenvalue weighted by atomic mass is 32.2. The largest absolute Gasteiger partial charge is 0.369 e. The van der Waals surface area contributed by atoms with Crippen LogP contribution >= 0.6 is 11.8 Å². The number of rotatable bonds is 1. The maximum Gasteiger partial charge on any atom is 0.0751 e. The lowest BCUT2D eigenvalue weighted by Crippen LogP contribution is -2.40. The number of pyridine rings is 1. The van der Waals surface area contributed by atoms with Gasteiger partial charge in [0.1, 0.15) is 0 Å². The third-order valence-corrected chi connectivity index (χ3v) is 4.94. The quantitative estimate of drug-likeness (QED) is 0.784. The van der Waals surface area contributed by atoms with Crippen LogP contribution in [0.15, 0.2) is 30.5 Å². The summed E-state index contributed by atoms with van der Waals surface area (Å²) in [4.78, 5) is 7.07. The number of thioether (sulfide) groups is 1. The third-order valence-electron chi connectivity index (χ3n) is 3.71. The molecule has 1 saturated heterocycles. The lowest BCUT2D eigenvalue weighted by atomic mass is 10.1. The summed E-state index contributed by atoms with van der Waals surface area (Å²) in [5, 5.41) is 2.67. The topological polar surface area (TPSA) is 16.1 Å². The van der Waals surface area contributed by atoms with Crippen molar-refractivity contribution in [1.82, 2.24) is 4.98 Å². The van der Waals surface area contributed by atoms with Gasteiger partial charge in [-0.15, -0.1) is 0 Å². The maximum atomic E-state index is 4.54. The minimum Gasteiger partial charge on any atom is -0.369 e. The Morgan fingerprint density at radius 3 is 2.63 bits per heavy atom. The van der Waals surface area contributed by atoms with Gasteiger partial charge in [-0.25, -0.2) is 0 Å². The fraction of sp³-hybridized carbons (Fsp3) is 0.438. The zero-order valence-corrected chi connectivity index (χ0v) is 12.6. The summed E-state index contributed by atoms with van der Waals surface area (Å²) >= 11 is 2.09. The molecule has 0 amide bonds. The molecule has 1 aliphatic heterocycles. The second-order valence-electron chi connectivity index (χ2n) is 5.46. The van der Waals surface area contributed by atoms with Crippen LogP contribution in [0.2, 0.25) is 0 Å². The van der Waals surface area contributed by atoms with Crippen molar-refractivity contribution in [2.45, 2.75) is 31.3 Å². The molecule has 2 heterocycles. The highest BCUT2D eigenvalue weighted by Crippen LogP contribution is 2.32. The molecule has 0 saturated carbocycles. The van der Waals surface area contributed by atoms with Crippen LogP contribution in [0, 0.1) is 6.92 Å². The van der Waals surface area contributed by atoms with E-state index < -0.39 is 0 Å². The summed E-state index contributed by atoms with van der Waals surface area (Å²) in [5.41, 5.74) is 3.73. The lowest BCUT2D eigenvalue weighted by Gasteiger charge is -2.36. The molecule has 3 rings (SSSR count). The van der Waals surface area contributed by atoms with Crippen molar-refractivity contribution in [2.75, 3.05) is 18.0 Å². The van der Waals surface area contributed by atoms with Crippen LogP contribution < -0.4 is 4.90 Å². The number of aromatic nitrogens is 1. The highest BCUT2D eigenvalue weighted by molar-refractivity contribution is 8.00.